The van der Waals surface area contributed by atoms with Gasteiger partial charge in [0, 0.05) is 31.7 Å². The summed E-state index contributed by atoms with van der Waals surface area (Å²) in [6.45, 7) is 6.28. The third-order valence-corrected chi connectivity index (χ3v) is 4.22. The van der Waals surface area contributed by atoms with Crippen LogP contribution in [0, 0.1) is 0 Å². The lowest BCUT2D eigenvalue weighted by Crippen LogP contribution is -2.39. The van der Waals surface area contributed by atoms with Gasteiger partial charge < -0.3 is 14.0 Å². The molecule has 1 aliphatic heterocycles. The van der Waals surface area contributed by atoms with Crippen molar-refractivity contribution in [3.05, 3.63) is 48.1 Å². The summed E-state index contributed by atoms with van der Waals surface area (Å²) in [4.78, 5) is 2.37. The number of morpholine rings is 1. The fourth-order valence-corrected chi connectivity index (χ4v) is 2.91. The smallest absolute Gasteiger partial charge is 0.163 e. The first-order valence-corrected chi connectivity index (χ1v) is 8.33. The van der Waals surface area contributed by atoms with E-state index in [-0.39, 0.29) is 6.10 Å². The van der Waals surface area contributed by atoms with Crippen molar-refractivity contribution in [3.63, 3.8) is 0 Å². The van der Waals surface area contributed by atoms with Gasteiger partial charge >= 0.3 is 0 Å². The minimum Gasteiger partial charge on any atom is -0.496 e. The van der Waals surface area contributed by atoms with Crippen molar-refractivity contribution >= 4 is 6.08 Å². The van der Waals surface area contributed by atoms with Gasteiger partial charge in [0.25, 0.3) is 0 Å². The van der Waals surface area contributed by atoms with E-state index in [1.807, 2.05) is 22.8 Å². The molecule has 0 spiro atoms. The summed E-state index contributed by atoms with van der Waals surface area (Å²) in [5.74, 6) is 1.81. The van der Waals surface area contributed by atoms with Crippen molar-refractivity contribution in [2.45, 2.75) is 19.6 Å². The average molecular weight is 328 g/mol. The van der Waals surface area contributed by atoms with Crippen LogP contribution in [-0.4, -0.2) is 53.0 Å². The second-order valence-corrected chi connectivity index (χ2v) is 5.74. The molecule has 1 aromatic heterocycles. The molecule has 2 heterocycles. The number of aromatic nitrogens is 3. The number of ether oxygens (including phenoxy) is 2. The standard InChI is InChI=1S/C18H24N4O2/c1-3-22-14-19-20-18(22)17-13-21(11-12-24-17)10-6-8-15-7-4-5-9-16(15)23-2/h4-9,14,17H,3,10-13H2,1-2H3/b8-6+. The number of hydrogen-bond acceptors (Lipinski definition) is 5. The van der Waals surface area contributed by atoms with Gasteiger partial charge in [0.15, 0.2) is 5.82 Å². The highest BCUT2D eigenvalue weighted by atomic mass is 16.5. The molecule has 1 saturated heterocycles. The molecule has 0 bridgehead atoms. The largest absolute Gasteiger partial charge is 0.496 e. The number of methoxy groups -OCH3 is 1. The number of benzene rings is 1. The Bertz CT molecular complexity index is 683. The highest BCUT2D eigenvalue weighted by Gasteiger charge is 2.25. The van der Waals surface area contributed by atoms with E-state index in [4.69, 9.17) is 9.47 Å². The highest BCUT2D eigenvalue weighted by molar-refractivity contribution is 5.57. The van der Waals surface area contributed by atoms with Crippen molar-refractivity contribution < 1.29 is 9.47 Å². The molecular formula is C18H24N4O2. The lowest BCUT2D eigenvalue weighted by atomic mass is 10.2. The molecule has 1 fully saturated rings. The van der Waals surface area contributed by atoms with Gasteiger partial charge in [-0.1, -0.05) is 30.4 Å². The fourth-order valence-electron chi connectivity index (χ4n) is 2.91. The molecular weight excluding hydrogens is 304 g/mol. The zero-order valence-electron chi connectivity index (χ0n) is 14.3. The van der Waals surface area contributed by atoms with Gasteiger partial charge in [-0.15, -0.1) is 10.2 Å². The number of nitrogens with zero attached hydrogens (tertiary/aromatic N) is 4. The molecule has 1 aromatic carbocycles. The SMILES string of the molecule is CCn1cnnc1C1CN(C/C=C/c2ccccc2OC)CCO1. The molecule has 128 valence electrons. The third-order valence-electron chi connectivity index (χ3n) is 4.22. The van der Waals surface area contributed by atoms with Gasteiger partial charge in [0.1, 0.15) is 18.2 Å². The van der Waals surface area contributed by atoms with Crippen LogP contribution in [0.25, 0.3) is 6.08 Å². The van der Waals surface area contributed by atoms with Crippen molar-refractivity contribution in [1.82, 2.24) is 19.7 Å². The molecule has 1 unspecified atom stereocenters. The van der Waals surface area contributed by atoms with E-state index in [0.717, 1.165) is 43.3 Å². The van der Waals surface area contributed by atoms with Crippen molar-refractivity contribution in [2.24, 2.45) is 0 Å². The molecule has 0 amide bonds. The Hall–Kier alpha value is -2.18. The Morgan fingerprint density at radius 1 is 1.38 bits per heavy atom. The minimum atomic E-state index is -0.0131. The van der Waals surface area contributed by atoms with Crippen molar-refractivity contribution in [3.8, 4) is 5.75 Å². The van der Waals surface area contributed by atoms with Crippen LogP contribution < -0.4 is 4.74 Å². The molecule has 6 heteroatoms. The van der Waals surface area contributed by atoms with Crippen LogP contribution in [-0.2, 0) is 11.3 Å². The van der Waals surface area contributed by atoms with Gasteiger partial charge in [-0.25, -0.2) is 0 Å². The van der Waals surface area contributed by atoms with Crippen LogP contribution in [0.3, 0.4) is 0 Å². The minimum absolute atomic E-state index is 0.0131. The summed E-state index contributed by atoms with van der Waals surface area (Å²) in [5.41, 5.74) is 1.09. The zero-order chi connectivity index (χ0) is 16.8. The first-order valence-electron chi connectivity index (χ1n) is 8.33. The van der Waals surface area contributed by atoms with Crippen LogP contribution in [0.1, 0.15) is 24.4 Å². The van der Waals surface area contributed by atoms with Gasteiger partial charge in [-0.05, 0) is 13.0 Å². The third kappa shape index (κ3) is 3.83. The fraction of sp³-hybridized carbons (Fsp3) is 0.444. The van der Waals surface area contributed by atoms with Gasteiger partial charge in [-0.2, -0.15) is 0 Å². The molecule has 2 aromatic rings. The van der Waals surface area contributed by atoms with Gasteiger partial charge in [0.2, 0.25) is 0 Å². The van der Waals surface area contributed by atoms with Crippen LogP contribution in [0.5, 0.6) is 5.75 Å². The molecule has 0 radical (unpaired) electrons. The maximum Gasteiger partial charge on any atom is 0.163 e. The van der Waals surface area contributed by atoms with Gasteiger partial charge in [0.05, 0.1) is 13.7 Å². The Kier molecular flexibility index (Phi) is 5.61. The summed E-state index contributed by atoms with van der Waals surface area (Å²) in [5, 5.41) is 8.22. The number of para-hydroxylation sites is 1. The molecule has 1 atom stereocenters. The topological polar surface area (TPSA) is 52.4 Å². The Morgan fingerprint density at radius 2 is 2.25 bits per heavy atom. The van der Waals surface area contributed by atoms with Crippen LogP contribution in [0.2, 0.25) is 0 Å². The molecule has 0 N–H and O–H groups in total. The lowest BCUT2D eigenvalue weighted by molar-refractivity contribution is -0.0321. The second kappa shape index (κ2) is 8.08. The van der Waals surface area contributed by atoms with E-state index < -0.39 is 0 Å². The predicted octanol–water partition coefficient (Wildman–Crippen LogP) is 2.39. The number of hydrogen-bond donors (Lipinski definition) is 0. The van der Waals surface area contributed by atoms with E-state index in [0.29, 0.717) is 6.61 Å². The average Bonchev–Trinajstić information content (AvgIpc) is 3.11. The van der Waals surface area contributed by atoms with E-state index >= 15 is 0 Å². The molecule has 6 nitrogen and oxygen atoms in total. The van der Waals surface area contributed by atoms with Crippen LogP contribution in [0.4, 0.5) is 0 Å². The summed E-state index contributed by atoms with van der Waals surface area (Å²) in [6.07, 6.45) is 6.03. The quantitative estimate of drug-likeness (QED) is 0.815. The second-order valence-electron chi connectivity index (χ2n) is 5.74. The monoisotopic (exact) mass is 328 g/mol. The normalized spacial score (nSPS) is 19.0. The number of rotatable bonds is 6. The molecule has 24 heavy (non-hydrogen) atoms. The first-order chi connectivity index (χ1) is 11.8. The predicted molar refractivity (Wildman–Crippen MR) is 92.9 cm³/mol. The van der Waals surface area contributed by atoms with E-state index in [2.05, 4.69) is 40.2 Å². The van der Waals surface area contributed by atoms with E-state index in [1.54, 1.807) is 13.4 Å². The van der Waals surface area contributed by atoms with Crippen molar-refractivity contribution in [1.29, 1.82) is 0 Å². The zero-order valence-corrected chi connectivity index (χ0v) is 14.3. The lowest BCUT2D eigenvalue weighted by Gasteiger charge is -2.31. The Morgan fingerprint density at radius 3 is 3.08 bits per heavy atom. The summed E-state index contributed by atoms with van der Waals surface area (Å²) < 4.78 is 13.3. The highest BCUT2D eigenvalue weighted by Crippen LogP contribution is 2.21. The maximum atomic E-state index is 5.89. The van der Waals surface area contributed by atoms with Crippen LogP contribution >= 0.6 is 0 Å². The summed E-state index contributed by atoms with van der Waals surface area (Å²) in [6, 6.07) is 8.03. The molecule has 0 saturated carbocycles. The Labute approximate surface area is 142 Å². The van der Waals surface area contributed by atoms with Gasteiger partial charge in [-0.3, -0.25) is 4.90 Å². The number of aryl methyl sites for hydroxylation is 1. The van der Waals surface area contributed by atoms with E-state index in [1.165, 1.54) is 0 Å². The summed E-state index contributed by atoms with van der Waals surface area (Å²) >= 11 is 0. The molecule has 0 aliphatic carbocycles. The first kappa shape index (κ1) is 16.7. The summed E-state index contributed by atoms with van der Waals surface area (Å²) in [7, 11) is 1.70. The molecule has 1 aliphatic rings. The molecule has 3 rings (SSSR count). The van der Waals surface area contributed by atoms with E-state index in [9.17, 15) is 0 Å². The van der Waals surface area contributed by atoms with Crippen molar-refractivity contribution in [2.75, 3.05) is 33.4 Å². The Balaban J connectivity index is 1.60. The maximum absolute atomic E-state index is 5.89. The van der Waals surface area contributed by atoms with Crippen LogP contribution in [0.15, 0.2) is 36.7 Å².